The zero-order chi connectivity index (χ0) is 23.0. The summed E-state index contributed by atoms with van der Waals surface area (Å²) >= 11 is 0. The Morgan fingerprint density at radius 1 is 1.12 bits per heavy atom. The number of carboxylic acid groups (broad SMARTS) is 1. The van der Waals surface area contributed by atoms with Gasteiger partial charge in [-0.2, -0.15) is 0 Å². The number of hydrogen-bond acceptors (Lipinski definition) is 4. The number of rotatable bonds is 5. The molecule has 3 atom stereocenters. The van der Waals surface area contributed by atoms with E-state index in [0.717, 1.165) is 49.8 Å². The van der Waals surface area contributed by atoms with Crippen LogP contribution in [0.15, 0.2) is 18.2 Å². The van der Waals surface area contributed by atoms with E-state index in [4.69, 9.17) is 9.47 Å². The molecular formula is C26H37NO5. The number of likely N-dealkylation sites (tertiary alicyclic amines) is 1. The van der Waals surface area contributed by atoms with Crippen LogP contribution in [0.3, 0.4) is 0 Å². The fourth-order valence-electron chi connectivity index (χ4n) is 5.30. The van der Waals surface area contributed by atoms with E-state index in [9.17, 15) is 14.7 Å². The monoisotopic (exact) mass is 443 g/mol. The largest absolute Gasteiger partial charge is 0.490 e. The Morgan fingerprint density at radius 3 is 2.41 bits per heavy atom. The molecule has 2 heterocycles. The molecule has 0 spiro atoms. The van der Waals surface area contributed by atoms with Crippen molar-refractivity contribution in [3.63, 3.8) is 0 Å². The second-order valence-corrected chi connectivity index (χ2v) is 10.9. The summed E-state index contributed by atoms with van der Waals surface area (Å²) in [7, 11) is 0. The minimum atomic E-state index is -0.727. The van der Waals surface area contributed by atoms with Crippen molar-refractivity contribution in [2.45, 2.75) is 83.8 Å². The van der Waals surface area contributed by atoms with Crippen molar-refractivity contribution in [1.29, 1.82) is 0 Å². The van der Waals surface area contributed by atoms with E-state index in [-0.39, 0.29) is 18.1 Å². The zero-order valence-electron chi connectivity index (χ0n) is 19.8. The summed E-state index contributed by atoms with van der Waals surface area (Å²) in [5, 5.41) is 9.60. The first-order valence-corrected chi connectivity index (χ1v) is 12.1. The summed E-state index contributed by atoms with van der Waals surface area (Å²) in [5.74, 6) is 0.751. The smallest absolute Gasteiger partial charge is 0.410 e. The van der Waals surface area contributed by atoms with E-state index in [2.05, 4.69) is 18.2 Å². The summed E-state index contributed by atoms with van der Waals surface area (Å²) in [6.45, 7) is 8.91. The van der Waals surface area contributed by atoms with E-state index in [0.29, 0.717) is 24.9 Å². The lowest BCUT2D eigenvalue weighted by Gasteiger charge is -2.38. The first kappa shape index (κ1) is 22.9. The van der Waals surface area contributed by atoms with Gasteiger partial charge in [0.15, 0.2) is 0 Å². The van der Waals surface area contributed by atoms with Gasteiger partial charge in [-0.1, -0.05) is 19.1 Å². The quantitative estimate of drug-likeness (QED) is 0.673. The molecule has 0 unspecified atom stereocenters. The Morgan fingerprint density at radius 2 is 1.81 bits per heavy atom. The summed E-state index contributed by atoms with van der Waals surface area (Å²) in [5.41, 5.74) is 1.84. The number of hydrogen-bond donors (Lipinski definition) is 1. The number of fused-ring (bicyclic) bond motifs is 1. The predicted molar refractivity (Wildman–Crippen MR) is 122 cm³/mol. The van der Waals surface area contributed by atoms with Gasteiger partial charge in [0.25, 0.3) is 0 Å². The van der Waals surface area contributed by atoms with Crippen molar-refractivity contribution in [2.24, 2.45) is 17.8 Å². The van der Waals surface area contributed by atoms with Gasteiger partial charge in [-0.3, -0.25) is 4.79 Å². The Bertz CT molecular complexity index is 848. The maximum atomic E-state index is 12.4. The summed E-state index contributed by atoms with van der Waals surface area (Å²) < 4.78 is 12.0. The van der Waals surface area contributed by atoms with Crippen LogP contribution in [0.4, 0.5) is 4.79 Å². The lowest BCUT2D eigenvalue weighted by molar-refractivity contribution is -0.142. The molecule has 6 nitrogen and oxygen atoms in total. The molecule has 2 fully saturated rings. The molecule has 1 aromatic rings. The Kier molecular flexibility index (Phi) is 6.42. The highest BCUT2D eigenvalue weighted by Gasteiger charge is 2.39. The number of carboxylic acids is 1. The van der Waals surface area contributed by atoms with E-state index in [1.165, 1.54) is 5.56 Å². The highest BCUT2D eigenvalue weighted by Crippen LogP contribution is 2.48. The highest BCUT2D eigenvalue weighted by atomic mass is 16.6. The third-order valence-corrected chi connectivity index (χ3v) is 7.23. The van der Waals surface area contributed by atoms with Crippen LogP contribution >= 0.6 is 0 Å². The molecule has 6 heteroatoms. The van der Waals surface area contributed by atoms with E-state index >= 15 is 0 Å². The maximum Gasteiger partial charge on any atom is 0.410 e. The summed E-state index contributed by atoms with van der Waals surface area (Å²) in [6, 6.07) is 6.36. The first-order chi connectivity index (χ1) is 15.1. The fraction of sp³-hybridized carbons (Fsp3) is 0.692. The molecule has 32 heavy (non-hydrogen) atoms. The molecule has 176 valence electrons. The van der Waals surface area contributed by atoms with Crippen LogP contribution in [0, 0.1) is 17.8 Å². The van der Waals surface area contributed by atoms with Gasteiger partial charge in [0.1, 0.15) is 17.5 Å². The average Bonchev–Trinajstić information content (AvgIpc) is 3.57. The van der Waals surface area contributed by atoms with Gasteiger partial charge in [-0.25, -0.2) is 4.79 Å². The van der Waals surface area contributed by atoms with Crippen molar-refractivity contribution < 1.29 is 24.2 Å². The highest BCUT2D eigenvalue weighted by molar-refractivity contribution is 5.71. The van der Waals surface area contributed by atoms with Crippen molar-refractivity contribution >= 4 is 12.1 Å². The normalized spacial score (nSPS) is 23.6. The van der Waals surface area contributed by atoms with E-state index < -0.39 is 17.5 Å². The molecule has 2 aliphatic heterocycles. The van der Waals surface area contributed by atoms with Gasteiger partial charge < -0.3 is 19.5 Å². The molecule has 1 saturated heterocycles. The van der Waals surface area contributed by atoms with Crippen molar-refractivity contribution in [3.8, 4) is 5.75 Å². The number of aliphatic carboxylic acids is 1. The lowest BCUT2D eigenvalue weighted by Crippen LogP contribution is -2.45. The van der Waals surface area contributed by atoms with Crippen molar-refractivity contribution in [2.75, 3.05) is 13.1 Å². The minimum absolute atomic E-state index is 0.0545. The van der Waals surface area contributed by atoms with Gasteiger partial charge in [-0.15, -0.1) is 0 Å². The maximum absolute atomic E-state index is 12.4. The Balaban J connectivity index is 1.40. The van der Waals surface area contributed by atoms with Gasteiger partial charge in [0.05, 0.1) is 5.92 Å². The first-order valence-electron chi connectivity index (χ1n) is 12.1. The van der Waals surface area contributed by atoms with Crippen LogP contribution in [0.5, 0.6) is 5.75 Å². The standard InChI is InChI=1S/C26H37NO5/c1-16(24(28)29)23(19-6-7-19)20-8-5-17-9-10-21(31-22(17)15-20)18-11-13-27(14-12-18)25(30)32-26(2,3)4/h5,8,15-16,18-19,21,23H,6-7,9-14H2,1-4H3,(H,28,29)/t16-,21+,23-/m0/s1. The van der Waals surface area contributed by atoms with Gasteiger partial charge >= 0.3 is 12.1 Å². The average molecular weight is 444 g/mol. The molecule has 1 aliphatic carbocycles. The predicted octanol–water partition coefficient (Wildman–Crippen LogP) is 5.24. The molecule has 4 rings (SSSR count). The van der Waals surface area contributed by atoms with E-state index in [1.54, 1.807) is 0 Å². The van der Waals surface area contributed by atoms with Crippen LogP contribution in [0.25, 0.3) is 0 Å². The third kappa shape index (κ3) is 5.21. The van der Waals surface area contributed by atoms with Gasteiger partial charge in [0, 0.05) is 13.1 Å². The van der Waals surface area contributed by atoms with Crippen molar-refractivity contribution in [1.82, 2.24) is 4.90 Å². The summed E-state index contributed by atoms with van der Waals surface area (Å²) in [6.07, 6.45) is 5.94. The van der Waals surface area contributed by atoms with Crippen LogP contribution < -0.4 is 4.74 Å². The topological polar surface area (TPSA) is 76.1 Å². The number of piperidine rings is 1. The van der Waals surface area contributed by atoms with Crippen LogP contribution in [0.2, 0.25) is 0 Å². The summed E-state index contributed by atoms with van der Waals surface area (Å²) in [4.78, 5) is 25.8. The Labute approximate surface area is 191 Å². The number of amides is 1. The van der Waals surface area contributed by atoms with Gasteiger partial charge in [0.2, 0.25) is 0 Å². The molecule has 1 aromatic carbocycles. The Hall–Kier alpha value is -2.24. The number of carbonyl (C=O) groups is 2. The number of benzene rings is 1. The zero-order valence-corrected chi connectivity index (χ0v) is 19.8. The fourth-order valence-corrected chi connectivity index (χ4v) is 5.30. The second kappa shape index (κ2) is 8.95. The molecule has 0 aromatic heterocycles. The SMILES string of the molecule is C[C@H](C(=O)O)[C@H](c1ccc2c(c1)O[C@@H](C1CCN(C(=O)OC(C)(C)C)CC1)CC2)C1CC1. The molecule has 1 saturated carbocycles. The van der Waals surface area contributed by atoms with E-state index in [1.807, 2.05) is 32.6 Å². The number of carbonyl (C=O) groups excluding carboxylic acids is 1. The minimum Gasteiger partial charge on any atom is -0.490 e. The molecule has 1 amide bonds. The van der Waals surface area contributed by atoms with Crippen molar-refractivity contribution in [3.05, 3.63) is 29.3 Å². The van der Waals surface area contributed by atoms with Crippen LogP contribution in [0.1, 0.15) is 76.8 Å². The lowest BCUT2D eigenvalue weighted by atomic mass is 9.81. The molecular weight excluding hydrogens is 406 g/mol. The molecule has 0 bridgehead atoms. The number of ether oxygens (including phenoxy) is 2. The third-order valence-electron chi connectivity index (χ3n) is 7.23. The molecule has 1 N–H and O–H groups in total. The van der Waals surface area contributed by atoms with Crippen LogP contribution in [-0.2, 0) is 16.0 Å². The molecule has 3 aliphatic rings. The van der Waals surface area contributed by atoms with Crippen LogP contribution in [-0.4, -0.2) is 46.9 Å². The second-order valence-electron chi connectivity index (χ2n) is 10.9. The number of nitrogens with zero attached hydrogens (tertiary/aromatic N) is 1. The van der Waals surface area contributed by atoms with Gasteiger partial charge in [-0.05, 0) is 94.2 Å². The molecule has 0 radical (unpaired) electrons. The number of aryl methyl sites for hydroxylation is 1.